The molecular formula is C16H24FN3O3. The summed E-state index contributed by atoms with van der Waals surface area (Å²) in [5.41, 5.74) is 0. The predicted molar refractivity (Wildman–Crippen MR) is 85.8 cm³/mol. The van der Waals surface area contributed by atoms with Gasteiger partial charge in [0.15, 0.2) is 0 Å². The van der Waals surface area contributed by atoms with E-state index >= 15 is 0 Å². The Morgan fingerprint density at radius 3 is 2.57 bits per heavy atom. The van der Waals surface area contributed by atoms with E-state index in [1.165, 1.54) is 12.1 Å². The fraction of sp³-hybridized carbons (Fsp3) is 0.500. The first-order valence-corrected chi connectivity index (χ1v) is 7.61. The van der Waals surface area contributed by atoms with Crippen LogP contribution in [0, 0.1) is 5.82 Å². The molecule has 23 heavy (non-hydrogen) atoms. The van der Waals surface area contributed by atoms with Crippen molar-refractivity contribution in [2.75, 3.05) is 26.7 Å². The van der Waals surface area contributed by atoms with Crippen LogP contribution in [0.5, 0.6) is 5.75 Å². The lowest BCUT2D eigenvalue weighted by Crippen LogP contribution is -2.48. The highest BCUT2D eigenvalue weighted by molar-refractivity contribution is 5.96. The van der Waals surface area contributed by atoms with Crippen LogP contribution in [0.4, 0.5) is 9.18 Å². The van der Waals surface area contributed by atoms with Crippen molar-refractivity contribution >= 4 is 11.9 Å². The summed E-state index contributed by atoms with van der Waals surface area (Å²) >= 11 is 0. The van der Waals surface area contributed by atoms with Gasteiger partial charge in [0, 0.05) is 13.1 Å². The molecule has 1 rings (SSSR count). The fourth-order valence-electron chi connectivity index (χ4n) is 1.85. The average Bonchev–Trinajstić information content (AvgIpc) is 2.52. The zero-order chi connectivity index (χ0) is 17.2. The molecule has 0 fully saturated rings. The normalized spacial score (nSPS) is 11.9. The van der Waals surface area contributed by atoms with Crippen LogP contribution in [-0.2, 0) is 4.79 Å². The van der Waals surface area contributed by atoms with Crippen LogP contribution in [0.1, 0.15) is 20.3 Å². The van der Waals surface area contributed by atoms with Crippen molar-refractivity contribution in [1.29, 1.82) is 0 Å². The molecular weight excluding hydrogens is 301 g/mol. The van der Waals surface area contributed by atoms with Crippen LogP contribution < -0.4 is 15.4 Å². The summed E-state index contributed by atoms with van der Waals surface area (Å²) in [6.45, 7) is 5.06. The molecule has 7 heteroatoms. The second-order valence-corrected chi connectivity index (χ2v) is 5.16. The summed E-state index contributed by atoms with van der Waals surface area (Å²) in [5.74, 6) is -0.0435. The predicted octanol–water partition coefficient (Wildman–Crippen LogP) is 1.76. The van der Waals surface area contributed by atoms with Gasteiger partial charge < -0.3 is 10.1 Å². The number of rotatable bonds is 8. The monoisotopic (exact) mass is 325 g/mol. The van der Waals surface area contributed by atoms with Crippen molar-refractivity contribution < 1.29 is 18.7 Å². The maximum absolute atomic E-state index is 12.8. The molecule has 0 bridgehead atoms. The van der Waals surface area contributed by atoms with Crippen LogP contribution in [0.15, 0.2) is 24.3 Å². The number of nitrogens with zero attached hydrogens (tertiary/aromatic N) is 1. The Hall–Kier alpha value is -2.15. The highest BCUT2D eigenvalue weighted by Gasteiger charge is 2.19. The Balaban J connectivity index is 2.26. The van der Waals surface area contributed by atoms with Gasteiger partial charge in [-0.1, -0.05) is 0 Å². The SMILES string of the molecule is CCNC(=O)NC(=O)[C@H](C)N(C)CCCOc1ccc(F)cc1. The van der Waals surface area contributed by atoms with Crippen molar-refractivity contribution in [2.45, 2.75) is 26.3 Å². The van der Waals surface area contributed by atoms with Gasteiger partial charge >= 0.3 is 6.03 Å². The first-order chi connectivity index (χ1) is 10.9. The molecule has 0 saturated carbocycles. The Morgan fingerprint density at radius 1 is 1.30 bits per heavy atom. The van der Waals surface area contributed by atoms with E-state index in [1.54, 1.807) is 33.0 Å². The first kappa shape index (κ1) is 18.9. The third-order valence-electron chi connectivity index (χ3n) is 3.35. The standard InChI is InChI=1S/C16H24FN3O3/c1-4-18-16(22)19-15(21)12(2)20(3)10-5-11-23-14-8-6-13(17)7-9-14/h6-9,12H,4-5,10-11H2,1-3H3,(H2,18,19,21,22)/t12-/m0/s1. The minimum atomic E-state index is -0.489. The summed E-state index contributed by atoms with van der Waals surface area (Å²) in [6.07, 6.45) is 0.701. The molecule has 0 spiro atoms. The lowest BCUT2D eigenvalue weighted by molar-refractivity contribution is -0.124. The van der Waals surface area contributed by atoms with Crippen LogP contribution in [0.3, 0.4) is 0 Å². The van der Waals surface area contributed by atoms with E-state index in [0.717, 1.165) is 0 Å². The van der Waals surface area contributed by atoms with E-state index in [2.05, 4.69) is 10.6 Å². The van der Waals surface area contributed by atoms with Crippen molar-refractivity contribution in [2.24, 2.45) is 0 Å². The molecule has 0 radical (unpaired) electrons. The molecule has 0 aliphatic heterocycles. The molecule has 6 nitrogen and oxygen atoms in total. The lowest BCUT2D eigenvalue weighted by atomic mass is 10.2. The third kappa shape index (κ3) is 7.10. The van der Waals surface area contributed by atoms with E-state index in [4.69, 9.17) is 4.74 Å². The number of nitrogens with one attached hydrogen (secondary N) is 2. The molecule has 0 aliphatic carbocycles. The quantitative estimate of drug-likeness (QED) is 0.715. The van der Waals surface area contributed by atoms with Crippen LogP contribution >= 0.6 is 0 Å². The zero-order valence-corrected chi connectivity index (χ0v) is 13.8. The first-order valence-electron chi connectivity index (χ1n) is 7.61. The van der Waals surface area contributed by atoms with Crippen molar-refractivity contribution in [1.82, 2.24) is 15.5 Å². The highest BCUT2D eigenvalue weighted by atomic mass is 19.1. The van der Waals surface area contributed by atoms with E-state index in [9.17, 15) is 14.0 Å². The van der Waals surface area contributed by atoms with Gasteiger partial charge in [-0.15, -0.1) is 0 Å². The van der Waals surface area contributed by atoms with E-state index < -0.39 is 12.1 Å². The summed E-state index contributed by atoms with van der Waals surface area (Å²) in [6, 6.07) is 4.91. The zero-order valence-electron chi connectivity index (χ0n) is 13.8. The van der Waals surface area contributed by atoms with Gasteiger partial charge in [-0.2, -0.15) is 0 Å². The largest absolute Gasteiger partial charge is 0.494 e. The number of amides is 3. The number of hydrogen-bond acceptors (Lipinski definition) is 4. The van der Waals surface area contributed by atoms with Crippen LogP contribution in [0.25, 0.3) is 0 Å². The number of ether oxygens (including phenoxy) is 1. The fourth-order valence-corrected chi connectivity index (χ4v) is 1.85. The Morgan fingerprint density at radius 2 is 1.96 bits per heavy atom. The summed E-state index contributed by atoms with van der Waals surface area (Å²) in [4.78, 5) is 25.0. The van der Waals surface area contributed by atoms with Crippen molar-refractivity contribution in [3.8, 4) is 5.75 Å². The number of urea groups is 1. The van der Waals surface area contributed by atoms with Crippen molar-refractivity contribution in [3.05, 3.63) is 30.1 Å². The number of carbonyl (C=O) groups is 2. The number of hydrogen-bond donors (Lipinski definition) is 2. The van der Waals surface area contributed by atoms with Gasteiger partial charge in [0.05, 0.1) is 12.6 Å². The smallest absolute Gasteiger partial charge is 0.321 e. The van der Waals surface area contributed by atoms with Gasteiger partial charge in [-0.25, -0.2) is 9.18 Å². The molecule has 3 amide bonds. The maximum atomic E-state index is 12.8. The second kappa shape index (κ2) is 9.78. The molecule has 0 saturated heterocycles. The van der Waals surface area contributed by atoms with Crippen molar-refractivity contribution in [3.63, 3.8) is 0 Å². The van der Waals surface area contributed by atoms with Crippen LogP contribution in [-0.4, -0.2) is 49.6 Å². The summed E-state index contributed by atoms with van der Waals surface area (Å²) < 4.78 is 18.2. The Labute approximate surface area is 136 Å². The van der Waals surface area contributed by atoms with Gasteiger partial charge in [-0.3, -0.25) is 15.0 Å². The molecule has 128 valence electrons. The summed E-state index contributed by atoms with van der Waals surface area (Å²) in [7, 11) is 1.81. The molecule has 0 aliphatic rings. The topological polar surface area (TPSA) is 70.7 Å². The number of halogens is 1. The van der Waals surface area contributed by atoms with Gasteiger partial charge in [0.1, 0.15) is 11.6 Å². The lowest BCUT2D eigenvalue weighted by Gasteiger charge is -2.23. The van der Waals surface area contributed by atoms with Gasteiger partial charge in [0.2, 0.25) is 5.91 Å². The summed E-state index contributed by atoms with van der Waals surface area (Å²) in [5, 5.41) is 4.79. The minimum Gasteiger partial charge on any atom is -0.494 e. The molecule has 1 aromatic rings. The number of benzene rings is 1. The second-order valence-electron chi connectivity index (χ2n) is 5.16. The highest BCUT2D eigenvalue weighted by Crippen LogP contribution is 2.11. The van der Waals surface area contributed by atoms with E-state index in [-0.39, 0.29) is 11.7 Å². The molecule has 0 unspecified atom stereocenters. The van der Waals surface area contributed by atoms with Crippen LogP contribution in [0.2, 0.25) is 0 Å². The Bertz CT molecular complexity index is 508. The van der Waals surface area contributed by atoms with E-state index in [0.29, 0.717) is 31.9 Å². The average molecular weight is 325 g/mol. The van der Waals surface area contributed by atoms with Gasteiger partial charge in [-0.05, 0) is 51.6 Å². The van der Waals surface area contributed by atoms with E-state index in [1.807, 2.05) is 4.90 Å². The number of likely N-dealkylation sites (N-methyl/N-ethyl adjacent to an activating group) is 1. The number of carbonyl (C=O) groups excluding carboxylic acids is 2. The number of imide groups is 1. The minimum absolute atomic E-state index is 0.302. The molecule has 1 atom stereocenters. The Kier molecular flexibility index (Phi) is 8.04. The van der Waals surface area contributed by atoms with Gasteiger partial charge in [0.25, 0.3) is 0 Å². The molecule has 0 heterocycles. The maximum Gasteiger partial charge on any atom is 0.321 e. The molecule has 1 aromatic carbocycles. The third-order valence-corrected chi connectivity index (χ3v) is 3.35. The molecule has 0 aromatic heterocycles. The molecule has 2 N–H and O–H groups in total.